The molecule has 1 heterocycles. The number of hydrogen-bond donors (Lipinski definition) is 0. The van der Waals surface area contributed by atoms with Crippen LogP contribution in [0.15, 0.2) is 24.3 Å². The van der Waals surface area contributed by atoms with Gasteiger partial charge in [0.25, 0.3) is 0 Å². The number of para-hydroxylation sites is 1. The van der Waals surface area contributed by atoms with Crippen LogP contribution in [-0.4, -0.2) is 24.1 Å². The van der Waals surface area contributed by atoms with Gasteiger partial charge < -0.3 is 4.74 Å². The van der Waals surface area contributed by atoms with Gasteiger partial charge >= 0.3 is 0 Å². The van der Waals surface area contributed by atoms with E-state index in [-0.39, 0.29) is 0 Å². The molecule has 0 radical (unpaired) electrons. The Balaban J connectivity index is 1.61. The van der Waals surface area contributed by atoms with Gasteiger partial charge in [-0.15, -0.1) is 0 Å². The van der Waals surface area contributed by atoms with Crippen LogP contribution in [-0.2, 0) is 0 Å². The van der Waals surface area contributed by atoms with Crippen molar-refractivity contribution in [3.63, 3.8) is 0 Å². The second-order valence-corrected chi connectivity index (χ2v) is 5.98. The molecule has 0 unspecified atom stereocenters. The lowest BCUT2D eigenvalue weighted by atomic mass is 9.80. The van der Waals surface area contributed by atoms with Gasteiger partial charge in [-0.25, -0.2) is 4.42 Å². The Bertz CT molecular complexity index is 405. The first-order valence-corrected chi connectivity index (χ1v) is 7.29. The zero-order valence-electron chi connectivity index (χ0n) is 10.6. The van der Waals surface area contributed by atoms with Crippen molar-refractivity contribution in [3.05, 3.63) is 29.8 Å². The van der Waals surface area contributed by atoms with E-state index in [9.17, 15) is 0 Å². The van der Waals surface area contributed by atoms with Crippen LogP contribution >= 0.6 is 11.8 Å². The van der Waals surface area contributed by atoms with Crippen molar-refractivity contribution < 1.29 is 4.74 Å². The van der Waals surface area contributed by atoms with Crippen LogP contribution in [0.3, 0.4) is 0 Å². The summed E-state index contributed by atoms with van der Waals surface area (Å²) in [5.41, 5.74) is 1.41. The lowest BCUT2D eigenvalue weighted by Crippen LogP contribution is -2.16. The van der Waals surface area contributed by atoms with E-state index >= 15 is 0 Å². The molecule has 1 aliphatic carbocycles. The number of halogens is 1. The largest absolute Gasteiger partial charge is 0.493 e. The highest BCUT2D eigenvalue weighted by Gasteiger charge is 2.24. The van der Waals surface area contributed by atoms with Crippen molar-refractivity contribution in [2.75, 3.05) is 19.7 Å². The van der Waals surface area contributed by atoms with Gasteiger partial charge in [0, 0.05) is 19.0 Å². The van der Waals surface area contributed by atoms with Gasteiger partial charge in [-0.2, -0.15) is 0 Å². The Morgan fingerprint density at radius 1 is 1.22 bits per heavy atom. The second kappa shape index (κ2) is 5.50. The third kappa shape index (κ3) is 2.65. The molecule has 1 aromatic rings. The van der Waals surface area contributed by atoms with Crippen molar-refractivity contribution in [3.8, 4) is 5.75 Å². The molecule has 0 aromatic heterocycles. The van der Waals surface area contributed by atoms with E-state index in [2.05, 4.69) is 24.3 Å². The maximum absolute atomic E-state index is 6.04. The van der Waals surface area contributed by atoms with Crippen LogP contribution in [0.5, 0.6) is 5.75 Å². The molecule has 98 valence electrons. The number of nitrogens with zero attached hydrogens (tertiary/aromatic N) is 1. The summed E-state index contributed by atoms with van der Waals surface area (Å²) in [5.74, 6) is 2.40. The van der Waals surface area contributed by atoms with E-state index in [1.54, 1.807) is 0 Å². The average Bonchev–Trinajstić information content (AvgIpc) is 2.72. The molecule has 1 saturated heterocycles. The maximum Gasteiger partial charge on any atom is 0.122 e. The lowest BCUT2D eigenvalue weighted by Gasteiger charge is -2.28. The lowest BCUT2D eigenvalue weighted by molar-refractivity contribution is 0.249. The minimum Gasteiger partial charge on any atom is -0.493 e. The molecule has 1 atom stereocenters. The summed E-state index contributed by atoms with van der Waals surface area (Å²) < 4.78 is 7.91. The molecule has 2 fully saturated rings. The normalized spacial score (nSPS) is 25.1. The fourth-order valence-electron chi connectivity index (χ4n) is 2.80. The van der Waals surface area contributed by atoms with Crippen LogP contribution < -0.4 is 4.74 Å². The smallest absolute Gasteiger partial charge is 0.122 e. The first-order valence-electron chi connectivity index (χ1n) is 6.95. The van der Waals surface area contributed by atoms with Crippen molar-refractivity contribution in [2.45, 2.75) is 31.6 Å². The topological polar surface area (TPSA) is 12.5 Å². The molecule has 0 N–H and O–H groups in total. The van der Waals surface area contributed by atoms with Gasteiger partial charge in [0.1, 0.15) is 5.75 Å². The Morgan fingerprint density at radius 2 is 2.06 bits per heavy atom. The summed E-state index contributed by atoms with van der Waals surface area (Å²) in [7, 11) is 0. The van der Waals surface area contributed by atoms with E-state index in [1.807, 2.05) is 4.42 Å². The quantitative estimate of drug-likeness (QED) is 0.768. The zero-order chi connectivity index (χ0) is 12.4. The van der Waals surface area contributed by atoms with Gasteiger partial charge in [-0.05, 0) is 48.6 Å². The molecule has 3 heteroatoms. The molecule has 1 aromatic carbocycles. The van der Waals surface area contributed by atoms with Crippen molar-refractivity contribution in [1.29, 1.82) is 0 Å². The number of ether oxygens (including phenoxy) is 1. The van der Waals surface area contributed by atoms with E-state index in [1.165, 1.54) is 24.8 Å². The van der Waals surface area contributed by atoms with Gasteiger partial charge in [-0.1, -0.05) is 24.6 Å². The zero-order valence-corrected chi connectivity index (χ0v) is 11.4. The predicted molar refractivity (Wildman–Crippen MR) is 74.1 cm³/mol. The van der Waals surface area contributed by atoms with Crippen LogP contribution in [0, 0.1) is 5.92 Å². The number of hydrogen-bond acceptors (Lipinski definition) is 2. The van der Waals surface area contributed by atoms with Gasteiger partial charge in [0.15, 0.2) is 0 Å². The monoisotopic (exact) mass is 265 g/mol. The van der Waals surface area contributed by atoms with E-state index < -0.39 is 0 Å². The first-order chi connectivity index (χ1) is 8.83. The molecule has 18 heavy (non-hydrogen) atoms. The highest BCUT2D eigenvalue weighted by molar-refractivity contribution is 6.13. The molecule has 0 amide bonds. The summed E-state index contributed by atoms with van der Waals surface area (Å²) in [6.07, 6.45) is 5.15. The highest BCUT2D eigenvalue weighted by atomic mass is 35.5. The van der Waals surface area contributed by atoms with Crippen molar-refractivity contribution >= 4 is 11.8 Å². The summed E-state index contributed by atoms with van der Waals surface area (Å²) in [6.45, 7) is 2.74. The molecule has 0 bridgehead atoms. The van der Waals surface area contributed by atoms with Gasteiger partial charge in [0.05, 0.1) is 6.61 Å². The summed E-state index contributed by atoms with van der Waals surface area (Å²) in [4.78, 5) is 0. The van der Waals surface area contributed by atoms with E-state index in [4.69, 9.17) is 16.5 Å². The molecular formula is C15H20ClNO. The molecule has 1 saturated carbocycles. The molecule has 2 aliphatic rings. The van der Waals surface area contributed by atoms with Gasteiger partial charge in [-0.3, -0.25) is 0 Å². The molecule has 2 nitrogen and oxygen atoms in total. The van der Waals surface area contributed by atoms with Crippen LogP contribution in [0.25, 0.3) is 0 Å². The molecular weight excluding hydrogens is 246 g/mol. The second-order valence-electron chi connectivity index (χ2n) is 5.50. The summed E-state index contributed by atoms with van der Waals surface area (Å²) >= 11 is 5.98. The highest BCUT2D eigenvalue weighted by Crippen LogP contribution is 2.40. The summed E-state index contributed by atoms with van der Waals surface area (Å²) in [6, 6.07) is 8.53. The van der Waals surface area contributed by atoms with Crippen LogP contribution in [0.1, 0.15) is 37.2 Å². The van der Waals surface area contributed by atoms with Gasteiger partial charge in [0.2, 0.25) is 0 Å². The fraction of sp³-hybridized carbons (Fsp3) is 0.600. The van der Waals surface area contributed by atoms with Crippen LogP contribution in [0.4, 0.5) is 0 Å². The summed E-state index contributed by atoms with van der Waals surface area (Å²) in [5, 5.41) is 0. The minimum atomic E-state index is 0.581. The average molecular weight is 266 g/mol. The molecule has 3 rings (SSSR count). The van der Waals surface area contributed by atoms with Crippen LogP contribution in [0.2, 0.25) is 0 Å². The molecule has 1 aliphatic heterocycles. The SMILES string of the molecule is ClN1CC[C@H](COc2ccccc2C2CCC2)C1. The minimum absolute atomic E-state index is 0.581. The Kier molecular flexibility index (Phi) is 3.76. The standard InChI is InChI=1S/C15H20ClNO/c16-17-9-8-12(10-17)11-18-15-7-2-1-6-14(15)13-4-3-5-13/h1-2,6-7,12-13H,3-5,8-11H2/t12-/m0/s1. The van der Waals surface area contributed by atoms with Crippen molar-refractivity contribution in [1.82, 2.24) is 4.42 Å². The molecule has 0 spiro atoms. The number of benzene rings is 1. The Labute approximate surface area is 114 Å². The maximum atomic E-state index is 6.04. The van der Waals surface area contributed by atoms with E-state index in [0.717, 1.165) is 37.8 Å². The van der Waals surface area contributed by atoms with Crippen molar-refractivity contribution in [2.24, 2.45) is 5.92 Å². The van der Waals surface area contributed by atoms with E-state index in [0.29, 0.717) is 5.92 Å². The third-order valence-corrected chi connectivity index (χ3v) is 4.48. The Hall–Kier alpha value is -0.730. The first kappa shape index (κ1) is 12.3. The third-order valence-electron chi connectivity index (χ3n) is 4.17. The number of rotatable bonds is 4. The predicted octanol–water partition coefficient (Wildman–Crippen LogP) is 3.81. The Morgan fingerprint density at radius 3 is 2.72 bits per heavy atom. The fourth-order valence-corrected chi connectivity index (χ4v) is 3.09.